The van der Waals surface area contributed by atoms with Gasteiger partial charge in [0.1, 0.15) is 5.82 Å². The van der Waals surface area contributed by atoms with Crippen molar-refractivity contribution in [2.45, 2.75) is 32.5 Å². The van der Waals surface area contributed by atoms with Gasteiger partial charge in [-0.2, -0.15) is 13.2 Å². The van der Waals surface area contributed by atoms with Crippen LogP contribution in [0.2, 0.25) is 5.02 Å². The Labute approximate surface area is 138 Å². The zero-order valence-electron chi connectivity index (χ0n) is 12.9. The molecule has 0 aliphatic carbocycles. The van der Waals surface area contributed by atoms with Gasteiger partial charge in [0, 0.05) is 31.7 Å². The standard InChI is InChI=1S/C14H20ClF3N4O/c1-3-19-9(2)7-21-12(23)4-5-20-13-11(15)6-10(8-22-13)14(16,17)18/h6,8-9,19H,3-5,7H2,1-2H3,(H,20,22)(H,21,23)/t9-/m1/s1. The number of hydrogen-bond donors (Lipinski definition) is 3. The first-order valence-electron chi connectivity index (χ1n) is 7.20. The lowest BCUT2D eigenvalue weighted by Gasteiger charge is -2.14. The molecule has 130 valence electrons. The van der Waals surface area contributed by atoms with Crippen molar-refractivity contribution in [3.05, 3.63) is 22.8 Å². The number of nitrogens with zero attached hydrogens (tertiary/aromatic N) is 1. The Morgan fingerprint density at radius 3 is 2.70 bits per heavy atom. The molecule has 9 heteroatoms. The number of halogens is 4. The van der Waals surface area contributed by atoms with Crippen LogP contribution >= 0.6 is 11.6 Å². The zero-order valence-corrected chi connectivity index (χ0v) is 13.7. The number of carbonyl (C=O) groups excluding carboxylic acids is 1. The van der Waals surface area contributed by atoms with Gasteiger partial charge in [-0.3, -0.25) is 4.79 Å². The Balaban J connectivity index is 2.40. The Morgan fingerprint density at radius 1 is 1.43 bits per heavy atom. The maximum atomic E-state index is 12.5. The Hall–Kier alpha value is -1.54. The van der Waals surface area contributed by atoms with Crippen molar-refractivity contribution in [2.24, 2.45) is 0 Å². The largest absolute Gasteiger partial charge is 0.417 e. The van der Waals surface area contributed by atoms with Crippen molar-refractivity contribution in [3.63, 3.8) is 0 Å². The summed E-state index contributed by atoms with van der Waals surface area (Å²) in [6.45, 7) is 5.47. The molecule has 1 rings (SSSR count). The van der Waals surface area contributed by atoms with Crippen LogP contribution in [0.4, 0.5) is 19.0 Å². The summed E-state index contributed by atoms with van der Waals surface area (Å²) in [6.07, 6.45) is -3.62. The molecule has 0 aliphatic rings. The van der Waals surface area contributed by atoms with E-state index >= 15 is 0 Å². The molecule has 0 aromatic carbocycles. The van der Waals surface area contributed by atoms with Crippen LogP contribution in [0.15, 0.2) is 12.3 Å². The van der Waals surface area contributed by atoms with E-state index in [0.717, 1.165) is 12.6 Å². The number of alkyl halides is 3. The van der Waals surface area contributed by atoms with Gasteiger partial charge in [-0.15, -0.1) is 0 Å². The maximum Gasteiger partial charge on any atom is 0.417 e. The summed E-state index contributed by atoms with van der Waals surface area (Å²) < 4.78 is 37.5. The minimum absolute atomic E-state index is 0.119. The summed E-state index contributed by atoms with van der Waals surface area (Å²) in [7, 11) is 0. The summed E-state index contributed by atoms with van der Waals surface area (Å²) in [6, 6.07) is 0.970. The van der Waals surface area contributed by atoms with E-state index < -0.39 is 11.7 Å². The predicted molar refractivity (Wildman–Crippen MR) is 83.5 cm³/mol. The third-order valence-corrected chi connectivity index (χ3v) is 3.26. The minimum atomic E-state index is -4.49. The molecule has 3 N–H and O–H groups in total. The number of hydrogen-bond acceptors (Lipinski definition) is 4. The van der Waals surface area contributed by atoms with E-state index in [0.29, 0.717) is 12.7 Å². The minimum Gasteiger partial charge on any atom is -0.368 e. The van der Waals surface area contributed by atoms with E-state index in [-0.39, 0.29) is 35.8 Å². The number of amides is 1. The lowest BCUT2D eigenvalue weighted by molar-refractivity contribution is -0.137. The molecule has 1 atom stereocenters. The molecule has 1 amide bonds. The molecule has 1 aromatic rings. The molecular formula is C14H20ClF3N4O. The van der Waals surface area contributed by atoms with Crippen molar-refractivity contribution in [1.82, 2.24) is 15.6 Å². The van der Waals surface area contributed by atoms with Gasteiger partial charge >= 0.3 is 6.18 Å². The van der Waals surface area contributed by atoms with Crippen LogP contribution in [0.25, 0.3) is 0 Å². The Morgan fingerprint density at radius 2 is 2.13 bits per heavy atom. The molecule has 0 radical (unpaired) electrons. The summed E-state index contributed by atoms with van der Waals surface area (Å²) in [5.41, 5.74) is -0.914. The van der Waals surface area contributed by atoms with E-state index in [1.54, 1.807) is 0 Å². The average molecular weight is 353 g/mol. The van der Waals surface area contributed by atoms with Crippen molar-refractivity contribution < 1.29 is 18.0 Å². The molecule has 0 bridgehead atoms. The third-order valence-electron chi connectivity index (χ3n) is 2.97. The Bertz CT molecular complexity index is 525. The molecule has 0 saturated heterocycles. The highest BCUT2D eigenvalue weighted by Gasteiger charge is 2.31. The van der Waals surface area contributed by atoms with Crippen LogP contribution in [-0.4, -0.2) is 36.6 Å². The fourth-order valence-electron chi connectivity index (χ4n) is 1.79. The number of anilines is 1. The second-order valence-electron chi connectivity index (χ2n) is 4.99. The number of nitrogens with one attached hydrogen (secondary N) is 3. The van der Waals surface area contributed by atoms with E-state index in [1.165, 1.54) is 0 Å². The van der Waals surface area contributed by atoms with Crippen molar-refractivity contribution in [2.75, 3.05) is 25.0 Å². The summed E-state index contributed by atoms with van der Waals surface area (Å²) in [5, 5.41) is 8.52. The van der Waals surface area contributed by atoms with Crippen LogP contribution in [0, 0.1) is 0 Å². The van der Waals surface area contributed by atoms with Gasteiger partial charge in [-0.1, -0.05) is 18.5 Å². The van der Waals surface area contributed by atoms with Crippen molar-refractivity contribution in [3.8, 4) is 0 Å². The van der Waals surface area contributed by atoms with E-state index in [9.17, 15) is 18.0 Å². The highest BCUT2D eigenvalue weighted by Crippen LogP contribution is 2.32. The second kappa shape index (κ2) is 8.93. The second-order valence-corrected chi connectivity index (χ2v) is 5.40. The molecule has 0 fully saturated rings. The highest BCUT2D eigenvalue weighted by atomic mass is 35.5. The first-order chi connectivity index (χ1) is 10.7. The number of pyridine rings is 1. The van der Waals surface area contributed by atoms with Gasteiger partial charge in [0.05, 0.1) is 10.6 Å². The average Bonchev–Trinajstić information content (AvgIpc) is 2.46. The lowest BCUT2D eigenvalue weighted by Crippen LogP contribution is -2.39. The van der Waals surface area contributed by atoms with Gasteiger partial charge in [0.15, 0.2) is 0 Å². The third kappa shape index (κ3) is 7.04. The molecule has 0 unspecified atom stereocenters. The van der Waals surface area contributed by atoms with Crippen molar-refractivity contribution in [1.29, 1.82) is 0 Å². The molecular weight excluding hydrogens is 333 g/mol. The van der Waals surface area contributed by atoms with Gasteiger partial charge in [0.2, 0.25) is 5.91 Å². The maximum absolute atomic E-state index is 12.5. The van der Waals surface area contributed by atoms with Crippen molar-refractivity contribution >= 4 is 23.3 Å². The first kappa shape index (κ1) is 19.5. The van der Waals surface area contributed by atoms with Crippen LogP contribution < -0.4 is 16.0 Å². The van der Waals surface area contributed by atoms with E-state index in [2.05, 4.69) is 20.9 Å². The normalized spacial score (nSPS) is 12.8. The molecule has 1 aromatic heterocycles. The fourth-order valence-corrected chi connectivity index (χ4v) is 2.03. The SMILES string of the molecule is CCN[C@H](C)CNC(=O)CCNc1ncc(C(F)(F)F)cc1Cl. The Kier molecular flexibility index (Phi) is 7.57. The van der Waals surface area contributed by atoms with Crippen LogP contribution in [-0.2, 0) is 11.0 Å². The smallest absolute Gasteiger partial charge is 0.368 e. The van der Waals surface area contributed by atoms with Gasteiger partial charge in [0.25, 0.3) is 0 Å². The van der Waals surface area contributed by atoms with Gasteiger partial charge in [-0.05, 0) is 19.5 Å². The zero-order chi connectivity index (χ0) is 17.5. The quantitative estimate of drug-likeness (QED) is 0.673. The van der Waals surface area contributed by atoms with Crippen LogP contribution in [0.3, 0.4) is 0 Å². The fraction of sp³-hybridized carbons (Fsp3) is 0.571. The molecule has 0 aliphatic heterocycles. The lowest BCUT2D eigenvalue weighted by atomic mass is 10.2. The van der Waals surface area contributed by atoms with E-state index in [1.807, 2.05) is 13.8 Å². The van der Waals surface area contributed by atoms with Gasteiger partial charge < -0.3 is 16.0 Å². The van der Waals surface area contributed by atoms with Crippen LogP contribution in [0.5, 0.6) is 0 Å². The molecule has 23 heavy (non-hydrogen) atoms. The number of rotatable bonds is 8. The van der Waals surface area contributed by atoms with E-state index in [4.69, 9.17) is 11.6 Å². The molecule has 0 saturated carbocycles. The van der Waals surface area contributed by atoms with Crippen LogP contribution in [0.1, 0.15) is 25.8 Å². The topological polar surface area (TPSA) is 66.0 Å². The number of aromatic nitrogens is 1. The number of carbonyl (C=O) groups is 1. The molecule has 5 nitrogen and oxygen atoms in total. The molecule has 1 heterocycles. The summed E-state index contributed by atoms with van der Waals surface area (Å²) >= 11 is 5.75. The van der Waals surface area contributed by atoms with Gasteiger partial charge in [-0.25, -0.2) is 4.98 Å². The summed E-state index contributed by atoms with van der Waals surface area (Å²) in [5.74, 6) is -0.0428. The summed E-state index contributed by atoms with van der Waals surface area (Å²) in [4.78, 5) is 15.3. The predicted octanol–water partition coefficient (Wildman–Crippen LogP) is 2.67. The molecule has 0 spiro atoms. The first-order valence-corrected chi connectivity index (χ1v) is 7.58. The highest BCUT2D eigenvalue weighted by molar-refractivity contribution is 6.32. The number of likely N-dealkylation sites (N-methyl/N-ethyl adjacent to an activating group) is 1. The monoisotopic (exact) mass is 352 g/mol.